The number of anilines is 3. The van der Waals surface area contributed by atoms with Gasteiger partial charge in [-0.05, 0) is 37.3 Å². The zero-order chi connectivity index (χ0) is 15.4. The van der Waals surface area contributed by atoms with E-state index in [2.05, 4.69) is 15.7 Å². The third kappa shape index (κ3) is 3.70. The van der Waals surface area contributed by atoms with Crippen LogP contribution in [0.5, 0.6) is 0 Å². The number of hydrogen-bond donors (Lipinski definition) is 3. The lowest BCUT2D eigenvalue weighted by Gasteiger charge is -2.14. The molecule has 1 heterocycles. The lowest BCUT2D eigenvalue weighted by Crippen LogP contribution is -2.15. The van der Waals surface area contributed by atoms with Crippen LogP contribution in [0.1, 0.15) is 16.1 Å². The summed E-state index contributed by atoms with van der Waals surface area (Å²) in [5, 5.41) is 2.87. The van der Waals surface area contributed by atoms with E-state index in [4.69, 9.17) is 5.84 Å². The summed E-state index contributed by atoms with van der Waals surface area (Å²) in [5.41, 5.74) is 5.43. The number of pyridine rings is 1. The summed E-state index contributed by atoms with van der Waals surface area (Å²) in [6, 6.07) is 11.0. The second kappa shape index (κ2) is 6.23. The Labute approximate surface area is 123 Å². The number of hydrogen-bond acceptors (Lipinski definition) is 5. The van der Waals surface area contributed by atoms with E-state index < -0.39 is 0 Å². The van der Waals surface area contributed by atoms with Gasteiger partial charge in [-0.15, -0.1) is 0 Å². The molecule has 1 aromatic heterocycles. The third-order valence-corrected chi connectivity index (χ3v) is 2.98. The highest BCUT2D eigenvalue weighted by atomic mass is 16.1. The number of nitrogens with two attached hydrogens (primary N) is 1. The van der Waals surface area contributed by atoms with E-state index in [0.717, 1.165) is 17.1 Å². The smallest absolute Gasteiger partial charge is 0.255 e. The van der Waals surface area contributed by atoms with E-state index >= 15 is 0 Å². The molecule has 2 aromatic rings. The minimum Gasteiger partial charge on any atom is -0.378 e. The van der Waals surface area contributed by atoms with Crippen molar-refractivity contribution in [2.75, 3.05) is 29.7 Å². The lowest BCUT2D eigenvalue weighted by molar-refractivity contribution is 0.102. The van der Waals surface area contributed by atoms with Gasteiger partial charge >= 0.3 is 0 Å². The number of aromatic nitrogens is 1. The van der Waals surface area contributed by atoms with E-state index in [1.807, 2.05) is 50.2 Å². The first-order valence-electron chi connectivity index (χ1n) is 6.53. The average molecular weight is 285 g/mol. The molecule has 4 N–H and O–H groups in total. The molecule has 0 saturated carbocycles. The van der Waals surface area contributed by atoms with Crippen LogP contribution in [-0.2, 0) is 0 Å². The summed E-state index contributed by atoms with van der Waals surface area (Å²) in [4.78, 5) is 18.4. The number of hydrazine groups is 1. The Balaban J connectivity index is 2.21. The van der Waals surface area contributed by atoms with Crippen molar-refractivity contribution >= 4 is 23.1 Å². The summed E-state index contributed by atoms with van der Waals surface area (Å²) < 4.78 is 0. The van der Waals surface area contributed by atoms with E-state index in [9.17, 15) is 4.79 Å². The minimum absolute atomic E-state index is 0.201. The van der Waals surface area contributed by atoms with E-state index in [1.54, 1.807) is 12.1 Å². The molecule has 0 unspecified atom stereocenters. The van der Waals surface area contributed by atoms with Crippen molar-refractivity contribution in [3.05, 3.63) is 47.7 Å². The fourth-order valence-corrected chi connectivity index (χ4v) is 1.94. The van der Waals surface area contributed by atoms with Crippen LogP contribution in [0.3, 0.4) is 0 Å². The molecular formula is C15H19N5O. The maximum atomic E-state index is 12.3. The normalized spacial score (nSPS) is 10.1. The predicted octanol–water partition coefficient (Wildman–Crippen LogP) is 1.99. The maximum absolute atomic E-state index is 12.3. The van der Waals surface area contributed by atoms with Crippen LogP contribution in [0.2, 0.25) is 0 Å². The standard InChI is InChI=1S/C15H19N5O/c1-10-7-11(8-14(17-10)19-16)15(21)18-12-5-4-6-13(9-12)20(2)3/h4-9H,16H2,1-3H3,(H,17,19)(H,18,21). The van der Waals surface area contributed by atoms with E-state index in [1.165, 1.54) is 0 Å². The number of amides is 1. The number of nitrogen functional groups attached to an aromatic ring is 1. The van der Waals surface area contributed by atoms with Crippen molar-refractivity contribution in [3.63, 3.8) is 0 Å². The van der Waals surface area contributed by atoms with Crippen LogP contribution in [0.4, 0.5) is 17.2 Å². The Bertz CT molecular complexity index is 654. The molecule has 0 radical (unpaired) electrons. The van der Waals surface area contributed by atoms with Crippen LogP contribution in [0.15, 0.2) is 36.4 Å². The summed E-state index contributed by atoms with van der Waals surface area (Å²) >= 11 is 0. The number of aryl methyl sites for hydroxylation is 1. The number of carbonyl (C=O) groups excluding carboxylic acids is 1. The Morgan fingerprint density at radius 2 is 2.00 bits per heavy atom. The van der Waals surface area contributed by atoms with Gasteiger partial charge in [0, 0.05) is 36.7 Å². The molecule has 1 amide bonds. The number of nitrogens with one attached hydrogen (secondary N) is 2. The van der Waals surface area contributed by atoms with Crippen molar-refractivity contribution in [1.82, 2.24) is 4.98 Å². The summed E-state index contributed by atoms with van der Waals surface area (Å²) in [5.74, 6) is 5.60. The zero-order valence-corrected chi connectivity index (χ0v) is 12.3. The monoisotopic (exact) mass is 285 g/mol. The van der Waals surface area contributed by atoms with Gasteiger partial charge in [-0.25, -0.2) is 10.8 Å². The second-order valence-electron chi connectivity index (χ2n) is 4.93. The molecule has 0 atom stereocenters. The zero-order valence-electron chi connectivity index (χ0n) is 12.3. The molecule has 21 heavy (non-hydrogen) atoms. The molecule has 1 aromatic carbocycles. The minimum atomic E-state index is -0.201. The molecule has 0 saturated heterocycles. The number of nitrogens with zero attached hydrogens (tertiary/aromatic N) is 2. The van der Waals surface area contributed by atoms with Crippen LogP contribution in [-0.4, -0.2) is 25.0 Å². The molecule has 0 spiro atoms. The Morgan fingerprint density at radius 1 is 1.24 bits per heavy atom. The van der Waals surface area contributed by atoms with Crippen molar-refractivity contribution in [2.45, 2.75) is 6.92 Å². The predicted molar refractivity (Wildman–Crippen MR) is 85.5 cm³/mol. The number of carbonyl (C=O) groups is 1. The first-order valence-corrected chi connectivity index (χ1v) is 6.53. The van der Waals surface area contributed by atoms with Gasteiger partial charge in [0.15, 0.2) is 0 Å². The van der Waals surface area contributed by atoms with Crippen LogP contribution in [0, 0.1) is 6.92 Å². The largest absolute Gasteiger partial charge is 0.378 e. The van der Waals surface area contributed by atoms with Crippen molar-refractivity contribution in [3.8, 4) is 0 Å². The van der Waals surface area contributed by atoms with Gasteiger partial charge in [0.25, 0.3) is 5.91 Å². The van der Waals surface area contributed by atoms with Gasteiger partial charge in [-0.2, -0.15) is 0 Å². The number of rotatable bonds is 4. The molecular weight excluding hydrogens is 266 g/mol. The molecule has 2 rings (SSSR count). The first-order chi connectivity index (χ1) is 9.99. The summed E-state index contributed by atoms with van der Waals surface area (Å²) in [6.07, 6.45) is 0. The molecule has 110 valence electrons. The highest BCUT2D eigenvalue weighted by molar-refractivity contribution is 6.05. The van der Waals surface area contributed by atoms with Crippen LogP contribution in [0.25, 0.3) is 0 Å². The SMILES string of the molecule is Cc1cc(C(=O)Nc2cccc(N(C)C)c2)cc(NN)n1. The fourth-order valence-electron chi connectivity index (χ4n) is 1.94. The molecule has 0 aliphatic heterocycles. The van der Waals surface area contributed by atoms with Crippen LogP contribution >= 0.6 is 0 Å². The fraction of sp³-hybridized carbons (Fsp3) is 0.200. The van der Waals surface area contributed by atoms with E-state index in [0.29, 0.717) is 11.4 Å². The average Bonchev–Trinajstić information content (AvgIpc) is 2.46. The number of benzene rings is 1. The molecule has 0 bridgehead atoms. The highest BCUT2D eigenvalue weighted by Gasteiger charge is 2.09. The van der Waals surface area contributed by atoms with Gasteiger partial charge in [-0.3, -0.25) is 4.79 Å². The third-order valence-electron chi connectivity index (χ3n) is 2.98. The van der Waals surface area contributed by atoms with Gasteiger partial charge in [-0.1, -0.05) is 6.07 Å². The maximum Gasteiger partial charge on any atom is 0.255 e. The van der Waals surface area contributed by atoms with Gasteiger partial charge in [0.1, 0.15) is 5.82 Å². The van der Waals surface area contributed by atoms with Crippen molar-refractivity contribution < 1.29 is 4.79 Å². The topological polar surface area (TPSA) is 83.3 Å². The van der Waals surface area contributed by atoms with Crippen LogP contribution < -0.4 is 21.5 Å². The Hall–Kier alpha value is -2.60. The van der Waals surface area contributed by atoms with Gasteiger partial charge in [0.05, 0.1) is 0 Å². The quantitative estimate of drug-likeness (QED) is 0.591. The van der Waals surface area contributed by atoms with Gasteiger partial charge < -0.3 is 15.6 Å². The molecule has 6 nitrogen and oxygen atoms in total. The summed E-state index contributed by atoms with van der Waals surface area (Å²) in [6.45, 7) is 1.81. The first kappa shape index (κ1) is 14.8. The molecule has 0 aliphatic carbocycles. The Morgan fingerprint density at radius 3 is 2.67 bits per heavy atom. The van der Waals surface area contributed by atoms with Gasteiger partial charge in [0.2, 0.25) is 0 Å². The Kier molecular flexibility index (Phi) is 4.39. The van der Waals surface area contributed by atoms with Crippen molar-refractivity contribution in [2.24, 2.45) is 5.84 Å². The summed E-state index contributed by atoms with van der Waals surface area (Å²) in [7, 11) is 3.90. The molecule has 0 aliphatic rings. The molecule has 0 fully saturated rings. The lowest BCUT2D eigenvalue weighted by atomic mass is 10.2. The second-order valence-corrected chi connectivity index (χ2v) is 4.93. The highest BCUT2D eigenvalue weighted by Crippen LogP contribution is 2.18. The molecule has 6 heteroatoms. The van der Waals surface area contributed by atoms with Crippen molar-refractivity contribution in [1.29, 1.82) is 0 Å². The van der Waals surface area contributed by atoms with E-state index in [-0.39, 0.29) is 5.91 Å².